The number of amides is 1. The molecule has 2 fully saturated rings. The van der Waals surface area contributed by atoms with Gasteiger partial charge in [-0.1, -0.05) is 37.9 Å². The monoisotopic (exact) mass is 312 g/mol. The molecule has 4 nitrogen and oxygen atoms in total. The van der Waals surface area contributed by atoms with Gasteiger partial charge in [-0.25, -0.2) is 0 Å². The van der Waals surface area contributed by atoms with Crippen molar-refractivity contribution in [2.75, 3.05) is 6.61 Å². The molecule has 3 N–H and O–H groups in total. The molecule has 0 atom stereocenters. The summed E-state index contributed by atoms with van der Waals surface area (Å²) in [6.45, 7) is 2.77. The number of nitrogens with two attached hydrogens (primary N) is 1. The largest absolute Gasteiger partial charge is 0.391 e. The standard InChI is InChI=1S/C16H28N2O2S/c1-2-20-13-9-12(10-13)11-14(19)18-16(15(17)21)7-5-3-4-6-8-16/h12-13H,2-11H2,1H3,(H2,17,21)(H,18,19). The molecule has 0 aromatic heterocycles. The molecule has 21 heavy (non-hydrogen) atoms. The zero-order chi connectivity index (χ0) is 15.3. The van der Waals surface area contributed by atoms with Gasteiger partial charge in [0.05, 0.1) is 16.6 Å². The predicted octanol–water partition coefficient (Wildman–Crippen LogP) is 2.69. The van der Waals surface area contributed by atoms with E-state index in [9.17, 15) is 4.79 Å². The van der Waals surface area contributed by atoms with Gasteiger partial charge in [0.15, 0.2) is 0 Å². The second-order valence-electron chi connectivity index (χ2n) is 6.53. The average Bonchev–Trinajstić information content (AvgIpc) is 2.63. The van der Waals surface area contributed by atoms with E-state index >= 15 is 0 Å². The van der Waals surface area contributed by atoms with Crippen LogP contribution in [0.15, 0.2) is 0 Å². The van der Waals surface area contributed by atoms with Crippen molar-refractivity contribution < 1.29 is 9.53 Å². The Bertz CT molecular complexity index is 372. The van der Waals surface area contributed by atoms with Gasteiger partial charge in [-0.15, -0.1) is 0 Å². The molecule has 0 spiro atoms. The number of hydrogen-bond acceptors (Lipinski definition) is 3. The summed E-state index contributed by atoms with van der Waals surface area (Å²) in [6.07, 6.45) is 9.31. The fourth-order valence-electron chi connectivity index (χ4n) is 3.56. The molecule has 2 aliphatic rings. The first kappa shape index (κ1) is 16.7. The van der Waals surface area contributed by atoms with Gasteiger partial charge in [-0.05, 0) is 38.5 Å². The molecular weight excluding hydrogens is 284 g/mol. The molecule has 0 unspecified atom stereocenters. The van der Waals surface area contributed by atoms with E-state index in [2.05, 4.69) is 5.32 Å². The highest BCUT2D eigenvalue weighted by molar-refractivity contribution is 7.80. The van der Waals surface area contributed by atoms with Crippen molar-refractivity contribution in [2.24, 2.45) is 11.7 Å². The molecule has 2 saturated carbocycles. The lowest BCUT2D eigenvalue weighted by Crippen LogP contribution is -2.57. The van der Waals surface area contributed by atoms with Crippen molar-refractivity contribution in [1.29, 1.82) is 0 Å². The maximum atomic E-state index is 12.3. The quantitative estimate of drug-likeness (QED) is 0.584. The zero-order valence-corrected chi connectivity index (χ0v) is 13.8. The molecule has 0 radical (unpaired) electrons. The molecule has 0 saturated heterocycles. The molecule has 0 heterocycles. The summed E-state index contributed by atoms with van der Waals surface area (Å²) >= 11 is 5.26. The van der Waals surface area contributed by atoms with Crippen LogP contribution < -0.4 is 11.1 Å². The first-order valence-electron chi connectivity index (χ1n) is 8.28. The summed E-state index contributed by atoms with van der Waals surface area (Å²) in [5, 5.41) is 3.17. The van der Waals surface area contributed by atoms with Gasteiger partial charge in [0.1, 0.15) is 0 Å². The maximum absolute atomic E-state index is 12.3. The van der Waals surface area contributed by atoms with Crippen molar-refractivity contribution in [3.63, 3.8) is 0 Å². The van der Waals surface area contributed by atoms with Gasteiger partial charge in [0.2, 0.25) is 5.91 Å². The van der Waals surface area contributed by atoms with Crippen LogP contribution in [0.4, 0.5) is 0 Å². The van der Waals surface area contributed by atoms with Crippen LogP contribution in [0.2, 0.25) is 0 Å². The summed E-state index contributed by atoms with van der Waals surface area (Å²) in [7, 11) is 0. The molecule has 120 valence electrons. The fourth-order valence-corrected chi connectivity index (χ4v) is 3.81. The Morgan fingerprint density at radius 3 is 2.43 bits per heavy atom. The molecule has 0 aromatic carbocycles. The molecule has 5 heteroatoms. The van der Waals surface area contributed by atoms with Crippen molar-refractivity contribution in [2.45, 2.75) is 76.4 Å². The number of hydrogen-bond donors (Lipinski definition) is 2. The smallest absolute Gasteiger partial charge is 0.221 e. The molecule has 2 aliphatic carbocycles. The van der Waals surface area contributed by atoms with Crippen LogP contribution in [0, 0.1) is 5.92 Å². The second kappa shape index (κ2) is 7.54. The first-order valence-corrected chi connectivity index (χ1v) is 8.69. The van der Waals surface area contributed by atoms with Gasteiger partial charge >= 0.3 is 0 Å². The van der Waals surface area contributed by atoms with E-state index < -0.39 is 5.54 Å². The topological polar surface area (TPSA) is 64.3 Å². The maximum Gasteiger partial charge on any atom is 0.221 e. The summed E-state index contributed by atoms with van der Waals surface area (Å²) in [5.41, 5.74) is 5.52. The summed E-state index contributed by atoms with van der Waals surface area (Å²) < 4.78 is 5.54. The van der Waals surface area contributed by atoms with E-state index in [1.807, 2.05) is 6.92 Å². The van der Waals surface area contributed by atoms with E-state index in [4.69, 9.17) is 22.7 Å². The number of thiocarbonyl (C=S) groups is 1. The number of rotatable bonds is 6. The van der Waals surface area contributed by atoms with Crippen LogP contribution in [0.1, 0.15) is 64.7 Å². The van der Waals surface area contributed by atoms with Crippen molar-refractivity contribution >= 4 is 23.1 Å². The van der Waals surface area contributed by atoms with Gasteiger partial charge < -0.3 is 15.8 Å². The third-order valence-corrected chi connectivity index (χ3v) is 5.27. The van der Waals surface area contributed by atoms with Crippen LogP contribution in [0.5, 0.6) is 0 Å². The minimum Gasteiger partial charge on any atom is -0.391 e. The number of carbonyl (C=O) groups excluding carboxylic acids is 1. The third kappa shape index (κ3) is 4.39. The van der Waals surface area contributed by atoms with Gasteiger partial charge in [0.25, 0.3) is 0 Å². The predicted molar refractivity (Wildman–Crippen MR) is 88.1 cm³/mol. The normalized spacial score (nSPS) is 28.2. The van der Waals surface area contributed by atoms with Crippen LogP contribution in [-0.4, -0.2) is 29.1 Å². The Kier molecular flexibility index (Phi) is 5.99. The van der Waals surface area contributed by atoms with Crippen LogP contribution in [-0.2, 0) is 9.53 Å². The molecule has 0 bridgehead atoms. The van der Waals surface area contributed by atoms with E-state index in [-0.39, 0.29) is 5.91 Å². The SMILES string of the molecule is CCOC1CC(CC(=O)NC2(C(N)=S)CCCCCC2)C1. The van der Waals surface area contributed by atoms with Crippen LogP contribution in [0.25, 0.3) is 0 Å². The number of ether oxygens (including phenoxy) is 1. The van der Waals surface area contributed by atoms with Gasteiger partial charge in [-0.3, -0.25) is 4.79 Å². The highest BCUT2D eigenvalue weighted by Crippen LogP contribution is 2.33. The van der Waals surface area contributed by atoms with E-state index in [0.29, 0.717) is 23.4 Å². The van der Waals surface area contributed by atoms with E-state index in [1.165, 1.54) is 12.8 Å². The Morgan fingerprint density at radius 2 is 1.90 bits per heavy atom. The Morgan fingerprint density at radius 1 is 1.29 bits per heavy atom. The lowest BCUT2D eigenvalue weighted by atomic mass is 9.79. The minimum absolute atomic E-state index is 0.102. The molecule has 0 aliphatic heterocycles. The first-order chi connectivity index (χ1) is 10.1. The molecule has 1 amide bonds. The molecular formula is C16H28N2O2S. The Labute approximate surface area is 133 Å². The zero-order valence-electron chi connectivity index (χ0n) is 13.0. The summed E-state index contributed by atoms with van der Waals surface area (Å²) in [6, 6.07) is 0. The summed E-state index contributed by atoms with van der Waals surface area (Å²) in [5.74, 6) is 0.556. The molecule has 2 rings (SSSR count). The van der Waals surface area contributed by atoms with Crippen LogP contribution in [0.3, 0.4) is 0 Å². The number of nitrogens with one attached hydrogen (secondary N) is 1. The van der Waals surface area contributed by atoms with Crippen LogP contribution >= 0.6 is 12.2 Å². The van der Waals surface area contributed by atoms with Gasteiger partial charge in [0, 0.05) is 13.0 Å². The third-order valence-electron chi connectivity index (χ3n) is 4.88. The lowest BCUT2D eigenvalue weighted by molar-refractivity contribution is -0.125. The minimum atomic E-state index is -0.439. The van der Waals surface area contributed by atoms with Crippen molar-refractivity contribution in [1.82, 2.24) is 5.32 Å². The second-order valence-corrected chi connectivity index (χ2v) is 6.97. The highest BCUT2D eigenvalue weighted by Gasteiger charge is 2.37. The highest BCUT2D eigenvalue weighted by atomic mass is 32.1. The van der Waals surface area contributed by atoms with E-state index in [0.717, 1.165) is 45.1 Å². The van der Waals surface area contributed by atoms with Gasteiger partial charge in [-0.2, -0.15) is 0 Å². The average molecular weight is 312 g/mol. The Hall–Kier alpha value is -0.680. The van der Waals surface area contributed by atoms with Crippen molar-refractivity contribution in [3.8, 4) is 0 Å². The summed E-state index contributed by atoms with van der Waals surface area (Å²) in [4.78, 5) is 12.8. The fraction of sp³-hybridized carbons (Fsp3) is 0.875. The van der Waals surface area contributed by atoms with Crippen molar-refractivity contribution in [3.05, 3.63) is 0 Å². The molecule has 0 aromatic rings. The van der Waals surface area contributed by atoms with E-state index in [1.54, 1.807) is 0 Å². The lowest BCUT2D eigenvalue weighted by Gasteiger charge is -2.37. The Balaban J connectivity index is 1.83. The number of carbonyl (C=O) groups is 1.